The molecule has 28 heavy (non-hydrogen) atoms. The highest BCUT2D eigenvalue weighted by atomic mass is 35.5. The van der Waals surface area contributed by atoms with E-state index in [0.29, 0.717) is 22.3 Å². The minimum atomic E-state index is -0.201. The molecule has 0 aliphatic carbocycles. The molecule has 146 valence electrons. The van der Waals surface area contributed by atoms with E-state index < -0.39 is 0 Å². The van der Waals surface area contributed by atoms with E-state index >= 15 is 0 Å². The molecule has 3 heterocycles. The van der Waals surface area contributed by atoms with Crippen molar-refractivity contribution in [1.29, 1.82) is 0 Å². The standard InChI is InChI=1S/C19H21ClN6O2/c1-24-7-4-8-25(10-9-24)14-11-18(27)26(21-12-14)13-17-22-19(23-28-17)15-5-2-3-6-16(15)20/h2-3,5-6,11-12H,4,7-10,13H2,1H3. The van der Waals surface area contributed by atoms with E-state index in [1.54, 1.807) is 18.3 Å². The normalized spacial score (nSPS) is 15.6. The molecule has 1 fully saturated rings. The third-order valence-electron chi connectivity index (χ3n) is 4.81. The van der Waals surface area contributed by atoms with E-state index in [9.17, 15) is 4.79 Å². The van der Waals surface area contributed by atoms with Crippen LogP contribution in [0.3, 0.4) is 0 Å². The van der Waals surface area contributed by atoms with Gasteiger partial charge in [-0.15, -0.1) is 0 Å². The Hall–Kier alpha value is -2.71. The summed E-state index contributed by atoms with van der Waals surface area (Å²) in [5, 5.41) is 8.79. The fraction of sp³-hybridized carbons (Fsp3) is 0.368. The Kier molecular flexibility index (Phi) is 5.40. The molecule has 1 saturated heterocycles. The molecule has 1 aliphatic rings. The molecule has 4 rings (SSSR count). The maximum Gasteiger partial charge on any atom is 0.269 e. The summed E-state index contributed by atoms with van der Waals surface area (Å²) in [6, 6.07) is 8.87. The highest BCUT2D eigenvalue weighted by Gasteiger charge is 2.16. The van der Waals surface area contributed by atoms with Gasteiger partial charge in [-0.1, -0.05) is 28.9 Å². The second-order valence-corrected chi connectivity index (χ2v) is 7.25. The van der Waals surface area contributed by atoms with Crippen molar-refractivity contribution < 1.29 is 4.52 Å². The third kappa shape index (κ3) is 4.07. The zero-order valence-electron chi connectivity index (χ0n) is 15.6. The molecular formula is C19H21ClN6O2. The van der Waals surface area contributed by atoms with Crippen LogP contribution < -0.4 is 10.5 Å². The lowest BCUT2D eigenvalue weighted by Crippen LogP contribution is -2.31. The number of aromatic nitrogens is 4. The Balaban J connectivity index is 1.50. The van der Waals surface area contributed by atoms with E-state index in [4.69, 9.17) is 16.1 Å². The molecule has 2 aromatic heterocycles. The Bertz CT molecular complexity index is 1020. The summed E-state index contributed by atoms with van der Waals surface area (Å²) in [7, 11) is 2.11. The van der Waals surface area contributed by atoms with Gasteiger partial charge in [-0.05, 0) is 32.1 Å². The molecule has 0 N–H and O–H groups in total. The zero-order valence-corrected chi connectivity index (χ0v) is 16.3. The highest BCUT2D eigenvalue weighted by Crippen LogP contribution is 2.24. The lowest BCUT2D eigenvalue weighted by molar-refractivity contribution is 0.360. The van der Waals surface area contributed by atoms with Crippen LogP contribution in [0.2, 0.25) is 5.02 Å². The number of halogens is 1. The fourth-order valence-electron chi connectivity index (χ4n) is 3.22. The van der Waals surface area contributed by atoms with Gasteiger partial charge in [-0.2, -0.15) is 10.1 Å². The van der Waals surface area contributed by atoms with Crippen LogP contribution in [0.1, 0.15) is 12.3 Å². The van der Waals surface area contributed by atoms with Crippen molar-refractivity contribution in [2.75, 3.05) is 38.1 Å². The van der Waals surface area contributed by atoms with Gasteiger partial charge in [-0.3, -0.25) is 4.79 Å². The summed E-state index contributed by atoms with van der Waals surface area (Å²) in [6.07, 6.45) is 2.78. The summed E-state index contributed by atoms with van der Waals surface area (Å²) < 4.78 is 6.59. The monoisotopic (exact) mass is 400 g/mol. The van der Waals surface area contributed by atoms with Crippen molar-refractivity contribution in [2.24, 2.45) is 0 Å². The molecule has 1 aromatic carbocycles. The second kappa shape index (κ2) is 8.12. The maximum absolute atomic E-state index is 12.5. The Morgan fingerprint density at radius 3 is 2.86 bits per heavy atom. The smallest absolute Gasteiger partial charge is 0.269 e. The summed E-state index contributed by atoms with van der Waals surface area (Å²) in [5.41, 5.74) is 1.33. The molecule has 0 spiro atoms. The average Bonchev–Trinajstić information content (AvgIpc) is 3.03. The van der Waals surface area contributed by atoms with Crippen molar-refractivity contribution in [3.05, 3.63) is 57.8 Å². The molecule has 1 aliphatic heterocycles. The summed E-state index contributed by atoms with van der Waals surface area (Å²) in [4.78, 5) is 21.3. The first kappa shape index (κ1) is 18.6. The summed E-state index contributed by atoms with van der Waals surface area (Å²) in [5.74, 6) is 0.688. The predicted molar refractivity (Wildman–Crippen MR) is 107 cm³/mol. The van der Waals surface area contributed by atoms with Gasteiger partial charge >= 0.3 is 0 Å². The first-order valence-corrected chi connectivity index (χ1v) is 9.56. The van der Waals surface area contributed by atoms with Gasteiger partial charge in [0.1, 0.15) is 6.54 Å². The van der Waals surface area contributed by atoms with E-state index in [0.717, 1.165) is 38.3 Å². The van der Waals surface area contributed by atoms with Crippen molar-refractivity contribution >= 4 is 17.3 Å². The van der Waals surface area contributed by atoms with Crippen molar-refractivity contribution in [3.8, 4) is 11.4 Å². The molecule has 0 amide bonds. The molecule has 8 nitrogen and oxygen atoms in total. The number of anilines is 1. The van der Waals surface area contributed by atoms with Gasteiger partial charge in [-0.25, -0.2) is 4.68 Å². The molecule has 0 unspecified atom stereocenters. The van der Waals surface area contributed by atoms with Crippen LogP contribution in [-0.4, -0.2) is 58.0 Å². The van der Waals surface area contributed by atoms with Gasteiger partial charge in [0, 0.05) is 31.3 Å². The van der Waals surface area contributed by atoms with E-state index in [2.05, 4.69) is 32.1 Å². The largest absolute Gasteiger partial charge is 0.369 e. The van der Waals surface area contributed by atoms with Gasteiger partial charge in [0.15, 0.2) is 0 Å². The minimum absolute atomic E-state index is 0.110. The van der Waals surface area contributed by atoms with Gasteiger partial charge in [0.05, 0.1) is 16.9 Å². The molecule has 0 saturated carbocycles. The highest BCUT2D eigenvalue weighted by molar-refractivity contribution is 6.33. The third-order valence-corrected chi connectivity index (χ3v) is 5.14. The molecule has 0 atom stereocenters. The van der Waals surface area contributed by atoms with Crippen LogP contribution in [0.5, 0.6) is 0 Å². The Labute approximate surface area is 167 Å². The first-order valence-electron chi connectivity index (χ1n) is 9.18. The van der Waals surface area contributed by atoms with E-state index in [-0.39, 0.29) is 12.1 Å². The number of hydrogen-bond acceptors (Lipinski definition) is 7. The summed E-state index contributed by atoms with van der Waals surface area (Å²) >= 11 is 6.17. The van der Waals surface area contributed by atoms with E-state index in [1.165, 1.54) is 4.68 Å². The molecule has 3 aromatic rings. The fourth-order valence-corrected chi connectivity index (χ4v) is 3.44. The zero-order chi connectivity index (χ0) is 19.5. The van der Waals surface area contributed by atoms with Gasteiger partial charge in [0.25, 0.3) is 5.56 Å². The molecular weight excluding hydrogens is 380 g/mol. The van der Waals surface area contributed by atoms with Crippen LogP contribution in [0, 0.1) is 0 Å². The maximum atomic E-state index is 12.5. The number of nitrogens with zero attached hydrogens (tertiary/aromatic N) is 6. The van der Waals surface area contributed by atoms with Crippen LogP contribution in [0.4, 0.5) is 5.69 Å². The quantitative estimate of drug-likeness (QED) is 0.663. The molecule has 0 bridgehead atoms. The van der Waals surface area contributed by atoms with Crippen LogP contribution in [0.15, 0.2) is 45.8 Å². The van der Waals surface area contributed by atoms with Crippen LogP contribution >= 0.6 is 11.6 Å². The number of benzene rings is 1. The Morgan fingerprint density at radius 1 is 1.18 bits per heavy atom. The van der Waals surface area contributed by atoms with Crippen molar-refractivity contribution in [2.45, 2.75) is 13.0 Å². The lowest BCUT2D eigenvalue weighted by Gasteiger charge is -2.22. The molecule has 9 heteroatoms. The number of hydrogen-bond donors (Lipinski definition) is 0. The van der Waals surface area contributed by atoms with Crippen LogP contribution in [0.25, 0.3) is 11.4 Å². The number of likely N-dealkylation sites (N-methyl/N-ethyl adjacent to an activating group) is 1. The van der Waals surface area contributed by atoms with Crippen molar-refractivity contribution in [1.82, 2.24) is 24.8 Å². The van der Waals surface area contributed by atoms with Gasteiger partial charge < -0.3 is 14.3 Å². The first-order chi connectivity index (χ1) is 13.6. The SMILES string of the molecule is CN1CCCN(c2cnn(Cc3nc(-c4ccccc4Cl)no3)c(=O)c2)CC1. The van der Waals surface area contributed by atoms with E-state index in [1.807, 2.05) is 18.2 Å². The second-order valence-electron chi connectivity index (χ2n) is 6.85. The minimum Gasteiger partial charge on any atom is -0.369 e. The van der Waals surface area contributed by atoms with Crippen LogP contribution in [-0.2, 0) is 6.54 Å². The lowest BCUT2D eigenvalue weighted by atomic mass is 10.2. The molecule has 0 radical (unpaired) electrons. The van der Waals surface area contributed by atoms with Gasteiger partial charge in [0.2, 0.25) is 11.7 Å². The van der Waals surface area contributed by atoms with Crippen molar-refractivity contribution in [3.63, 3.8) is 0 Å². The summed E-state index contributed by atoms with van der Waals surface area (Å²) in [6.45, 7) is 3.94. The average molecular weight is 401 g/mol. The predicted octanol–water partition coefficient (Wildman–Crippen LogP) is 2.14. The Morgan fingerprint density at radius 2 is 2.04 bits per heavy atom. The topological polar surface area (TPSA) is 80.3 Å². The number of rotatable bonds is 4.